The van der Waals surface area contributed by atoms with E-state index in [1.807, 2.05) is 46.8 Å². The lowest BCUT2D eigenvalue weighted by Gasteiger charge is -2.48. The van der Waals surface area contributed by atoms with Gasteiger partial charge >= 0.3 is 0 Å². The molecule has 6 nitrogen and oxygen atoms in total. The van der Waals surface area contributed by atoms with Crippen molar-refractivity contribution in [1.29, 1.82) is 0 Å². The van der Waals surface area contributed by atoms with E-state index in [4.69, 9.17) is 0 Å². The molecular weight excluding hydrogens is 348 g/mol. The van der Waals surface area contributed by atoms with E-state index >= 15 is 0 Å². The number of nitrogens with zero attached hydrogens (tertiary/aromatic N) is 4. The Morgan fingerprint density at radius 3 is 2.77 bits per heavy atom. The first-order chi connectivity index (χ1) is 12.6. The quantitative estimate of drug-likeness (QED) is 0.829. The number of hydrogen-bond acceptors (Lipinski definition) is 5. The van der Waals surface area contributed by atoms with E-state index in [1.54, 1.807) is 23.2 Å². The van der Waals surface area contributed by atoms with Crippen LogP contribution >= 0.6 is 11.3 Å². The Bertz CT molecular complexity index is 795. The summed E-state index contributed by atoms with van der Waals surface area (Å²) in [6, 6.07) is 9.74. The van der Waals surface area contributed by atoms with Gasteiger partial charge in [-0.05, 0) is 18.6 Å². The standard InChI is InChI=1S/C19H22N4O2S/c1-15(24)23-12-18(25)22(16-5-3-2-4-6-16)14-19(23)7-9-21(13-19)11-17-20-8-10-26-17/h2-6,8,10H,7,9,11-14H2,1H3/t19-/m1/s1. The highest BCUT2D eigenvalue weighted by molar-refractivity contribution is 7.09. The largest absolute Gasteiger partial charge is 0.325 e. The second kappa shape index (κ2) is 6.81. The van der Waals surface area contributed by atoms with Crippen LogP contribution in [-0.4, -0.2) is 58.3 Å². The maximum absolute atomic E-state index is 12.7. The lowest BCUT2D eigenvalue weighted by Crippen LogP contribution is -2.66. The number of likely N-dealkylation sites (tertiary alicyclic amines) is 1. The lowest BCUT2D eigenvalue weighted by molar-refractivity contribution is -0.142. The molecule has 1 atom stereocenters. The van der Waals surface area contributed by atoms with Crippen LogP contribution < -0.4 is 4.90 Å². The van der Waals surface area contributed by atoms with Crippen molar-refractivity contribution in [2.45, 2.75) is 25.4 Å². The maximum Gasteiger partial charge on any atom is 0.246 e. The lowest BCUT2D eigenvalue weighted by atomic mass is 9.91. The second-order valence-corrected chi connectivity index (χ2v) is 8.01. The van der Waals surface area contributed by atoms with E-state index in [1.165, 1.54) is 0 Å². The van der Waals surface area contributed by atoms with Crippen LogP contribution in [0.4, 0.5) is 5.69 Å². The molecular formula is C19H22N4O2S. The van der Waals surface area contributed by atoms with Gasteiger partial charge in [-0.15, -0.1) is 11.3 Å². The van der Waals surface area contributed by atoms with Crippen LogP contribution in [0.1, 0.15) is 18.4 Å². The summed E-state index contributed by atoms with van der Waals surface area (Å²) in [6.07, 6.45) is 2.69. The molecule has 2 saturated heterocycles. The van der Waals surface area contributed by atoms with Crippen molar-refractivity contribution < 1.29 is 9.59 Å². The van der Waals surface area contributed by atoms with Crippen molar-refractivity contribution in [2.75, 3.05) is 31.1 Å². The first kappa shape index (κ1) is 17.2. The number of hydrogen-bond donors (Lipinski definition) is 0. The monoisotopic (exact) mass is 370 g/mol. The summed E-state index contributed by atoms with van der Waals surface area (Å²) in [5.41, 5.74) is 0.575. The summed E-state index contributed by atoms with van der Waals surface area (Å²) >= 11 is 1.65. The van der Waals surface area contributed by atoms with Crippen molar-refractivity contribution >= 4 is 28.8 Å². The van der Waals surface area contributed by atoms with Gasteiger partial charge in [0, 0.05) is 37.3 Å². The predicted octanol–water partition coefficient (Wildman–Crippen LogP) is 1.98. The normalized spacial score (nSPS) is 23.8. The summed E-state index contributed by atoms with van der Waals surface area (Å²) in [4.78, 5) is 35.3. The molecule has 1 spiro atoms. The van der Waals surface area contributed by atoms with E-state index in [9.17, 15) is 9.59 Å². The summed E-state index contributed by atoms with van der Waals surface area (Å²) < 4.78 is 0. The zero-order valence-electron chi connectivity index (χ0n) is 14.8. The number of para-hydroxylation sites is 1. The molecule has 4 rings (SSSR count). The maximum atomic E-state index is 12.7. The van der Waals surface area contributed by atoms with Crippen LogP contribution in [0.25, 0.3) is 0 Å². The molecule has 2 aliphatic rings. The van der Waals surface area contributed by atoms with Crippen LogP contribution in [-0.2, 0) is 16.1 Å². The molecule has 2 aliphatic heterocycles. The van der Waals surface area contributed by atoms with Gasteiger partial charge in [-0.3, -0.25) is 14.5 Å². The van der Waals surface area contributed by atoms with E-state index in [2.05, 4.69) is 9.88 Å². The van der Waals surface area contributed by atoms with Crippen molar-refractivity contribution in [3.05, 3.63) is 46.9 Å². The number of piperazine rings is 1. The molecule has 3 heterocycles. The molecule has 2 amide bonds. The van der Waals surface area contributed by atoms with E-state index in [0.29, 0.717) is 6.54 Å². The van der Waals surface area contributed by atoms with Crippen LogP contribution in [0.2, 0.25) is 0 Å². The Balaban J connectivity index is 1.59. The molecule has 0 N–H and O–H groups in total. The zero-order chi connectivity index (χ0) is 18.1. The SMILES string of the molecule is CC(=O)N1CC(=O)N(c2ccccc2)C[C@]12CCN(Cc1nccs1)C2. The smallest absolute Gasteiger partial charge is 0.246 e. The number of carbonyl (C=O) groups excluding carboxylic acids is 2. The third-order valence-electron chi connectivity index (χ3n) is 5.32. The summed E-state index contributed by atoms with van der Waals surface area (Å²) in [5, 5.41) is 3.07. The number of thiazole rings is 1. The number of aromatic nitrogens is 1. The fourth-order valence-corrected chi connectivity index (χ4v) is 4.75. The molecule has 0 radical (unpaired) electrons. The van der Waals surface area contributed by atoms with Gasteiger partial charge in [0.25, 0.3) is 0 Å². The van der Waals surface area contributed by atoms with Crippen LogP contribution in [0.15, 0.2) is 41.9 Å². The number of anilines is 1. The molecule has 0 bridgehead atoms. The van der Waals surface area contributed by atoms with E-state index in [-0.39, 0.29) is 23.9 Å². The van der Waals surface area contributed by atoms with Gasteiger partial charge < -0.3 is 9.80 Å². The first-order valence-electron chi connectivity index (χ1n) is 8.82. The number of carbonyl (C=O) groups is 2. The highest BCUT2D eigenvalue weighted by Crippen LogP contribution is 2.35. The molecule has 0 unspecified atom stereocenters. The Morgan fingerprint density at radius 2 is 2.08 bits per heavy atom. The van der Waals surface area contributed by atoms with Crippen molar-refractivity contribution in [1.82, 2.24) is 14.8 Å². The molecule has 0 saturated carbocycles. The van der Waals surface area contributed by atoms with Gasteiger partial charge in [-0.2, -0.15) is 0 Å². The molecule has 26 heavy (non-hydrogen) atoms. The number of rotatable bonds is 3. The zero-order valence-corrected chi connectivity index (χ0v) is 15.6. The Hall–Kier alpha value is -2.25. The summed E-state index contributed by atoms with van der Waals surface area (Å²) in [6.45, 7) is 4.73. The Morgan fingerprint density at radius 1 is 1.27 bits per heavy atom. The molecule has 7 heteroatoms. The van der Waals surface area contributed by atoms with Crippen LogP contribution in [0, 0.1) is 0 Å². The topological polar surface area (TPSA) is 56.8 Å². The van der Waals surface area contributed by atoms with Gasteiger partial charge in [0.1, 0.15) is 11.6 Å². The first-order valence-corrected chi connectivity index (χ1v) is 9.70. The molecule has 136 valence electrons. The fourth-order valence-electron chi connectivity index (χ4n) is 4.09. The molecule has 1 aromatic carbocycles. The number of benzene rings is 1. The third-order valence-corrected chi connectivity index (χ3v) is 6.09. The van der Waals surface area contributed by atoms with Gasteiger partial charge in [-0.1, -0.05) is 18.2 Å². The van der Waals surface area contributed by atoms with E-state index in [0.717, 1.165) is 36.8 Å². The van der Waals surface area contributed by atoms with Crippen LogP contribution in [0.3, 0.4) is 0 Å². The van der Waals surface area contributed by atoms with E-state index < -0.39 is 0 Å². The van der Waals surface area contributed by atoms with Gasteiger partial charge in [-0.25, -0.2) is 4.98 Å². The third kappa shape index (κ3) is 3.12. The Labute approximate surface area is 157 Å². The van der Waals surface area contributed by atoms with Gasteiger partial charge in [0.15, 0.2) is 0 Å². The number of amides is 2. The minimum Gasteiger partial charge on any atom is -0.325 e. The minimum atomic E-state index is -0.327. The average Bonchev–Trinajstić information content (AvgIpc) is 3.28. The van der Waals surface area contributed by atoms with Crippen LogP contribution in [0.5, 0.6) is 0 Å². The molecule has 2 fully saturated rings. The van der Waals surface area contributed by atoms with Crippen molar-refractivity contribution in [3.63, 3.8) is 0 Å². The molecule has 2 aromatic rings. The van der Waals surface area contributed by atoms with Crippen molar-refractivity contribution in [2.24, 2.45) is 0 Å². The Kier molecular flexibility index (Phi) is 4.50. The fraction of sp³-hybridized carbons (Fsp3) is 0.421. The average molecular weight is 370 g/mol. The van der Waals surface area contributed by atoms with Crippen molar-refractivity contribution in [3.8, 4) is 0 Å². The highest BCUT2D eigenvalue weighted by Gasteiger charge is 2.50. The predicted molar refractivity (Wildman–Crippen MR) is 101 cm³/mol. The van der Waals surface area contributed by atoms with Gasteiger partial charge in [0.2, 0.25) is 11.8 Å². The molecule has 0 aliphatic carbocycles. The summed E-state index contributed by atoms with van der Waals surface area (Å²) in [5.74, 6) is -0.0439. The second-order valence-electron chi connectivity index (χ2n) is 7.03. The van der Waals surface area contributed by atoms with Gasteiger partial charge in [0.05, 0.1) is 18.6 Å². The summed E-state index contributed by atoms with van der Waals surface area (Å²) in [7, 11) is 0. The minimum absolute atomic E-state index is 0.0181. The molecule has 1 aromatic heterocycles. The highest BCUT2D eigenvalue weighted by atomic mass is 32.1.